The quantitative estimate of drug-likeness (QED) is 0.218. The van der Waals surface area contributed by atoms with E-state index < -0.39 is 0 Å². The van der Waals surface area contributed by atoms with Gasteiger partial charge in [0.1, 0.15) is 18.0 Å². The van der Waals surface area contributed by atoms with Crippen LogP contribution in [-0.4, -0.2) is 24.6 Å². The molecule has 2 aromatic rings. The lowest BCUT2D eigenvalue weighted by Gasteiger charge is -2.11. The lowest BCUT2D eigenvalue weighted by atomic mass is 10.00. The lowest BCUT2D eigenvalue weighted by Crippen LogP contribution is -2.06. The summed E-state index contributed by atoms with van der Waals surface area (Å²) in [5.41, 5.74) is 4.35. The molecule has 178 valence electrons. The standard InChI is InChI=1S/C29H32O5/c1-20-18-26(33-28(20)30)8-6-4-3-5-7-17-32-25-15-13-23(14-16-25)22-9-11-24(12-10-22)27-19-21(2)29(31)34-27/h9-16,26-27H,1-8,17-19H2. The van der Waals surface area contributed by atoms with Gasteiger partial charge in [-0.2, -0.15) is 0 Å². The highest BCUT2D eigenvalue weighted by molar-refractivity contribution is 5.90. The van der Waals surface area contributed by atoms with Gasteiger partial charge in [-0.1, -0.05) is 68.8 Å². The second-order valence-electron chi connectivity index (χ2n) is 9.09. The van der Waals surface area contributed by atoms with Gasteiger partial charge in [0.25, 0.3) is 0 Å². The Labute approximate surface area is 201 Å². The summed E-state index contributed by atoms with van der Waals surface area (Å²) >= 11 is 0. The maximum atomic E-state index is 11.5. The van der Waals surface area contributed by atoms with Gasteiger partial charge in [0.05, 0.1) is 6.61 Å². The molecule has 2 unspecified atom stereocenters. The summed E-state index contributed by atoms with van der Waals surface area (Å²) in [6.07, 6.45) is 7.52. The van der Waals surface area contributed by atoms with Crippen molar-refractivity contribution in [2.24, 2.45) is 0 Å². The van der Waals surface area contributed by atoms with E-state index in [1.807, 2.05) is 36.4 Å². The van der Waals surface area contributed by atoms with Crippen LogP contribution in [0, 0.1) is 0 Å². The summed E-state index contributed by atoms with van der Waals surface area (Å²) in [5, 5.41) is 0. The second kappa shape index (κ2) is 11.2. The molecule has 0 radical (unpaired) electrons. The van der Waals surface area contributed by atoms with Gasteiger partial charge in [-0.15, -0.1) is 0 Å². The lowest BCUT2D eigenvalue weighted by molar-refractivity contribution is -0.140. The van der Waals surface area contributed by atoms with E-state index in [1.54, 1.807) is 0 Å². The smallest absolute Gasteiger partial charge is 0.334 e. The number of ether oxygens (including phenoxy) is 3. The zero-order valence-electron chi connectivity index (χ0n) is 19.6. The van der Waals surface area contributed by atoms with Crippen molar-refractivity contribution in [3.8, 4) is 16.9 Å². The van der Waals surface area contributed by atoms with E-state index in [-0.39, 0.29) is 24.1 Å². The van der Waals surface area contributed by atoms with Crippen molar-refractivity contribution in [3.63, 3.8) is 0 Å². The van der Waals surface area contributed by atoms with E-state index >= 15 is 0 Å². The Bertz CT molecular complexity index is 1000. The molecular weight excluding hydrogens is 428 g/mol. The predicted molar refractivity (Wildman–Crippen MR) is 131 cm³/mol. The molecule has 4 rings (SSSR count). The molecule has 2 heterocycles. The molecule has 5 nitrogen and oxygen atoms in total. The molecule has 2 aliphatic rings. The highest BCUT2D eigenvalue weighted by atomic mass is 16.6. The van der Waals surface area contributed by atoms with Crippen LogP contribution in [0.5, 0.6) is 5.75 Å². The molecular formula is C29H32O5. The van der Waals surface area contributed by atoms with Crippen molar-refractivity contribution in [2.45, 2.75) is 63.6 Å². The zero-order chi connectivity index (χ0) is 23.9. The maximum Gasteiger partial charge on any atom is 0.334 e. The molecule has 2 saturated heterocycles. The zero-order valence-corrected chi connectivity index (χ0v) is 19.6. The van der Waals surface area contributed by atoms with Crippen molar-refractivity contribution in [1.82, 2.24) is 0 Å². The minimum absolute atomic E-state index is 0.0386. The summed E-state index contributed by atoms with van der Waals surface area (Å²) < 4.78 is 16.5. The number of carbonyl (C=O) groups is 2. The van der Waals surface area contributed by atoms with E-state index in [0.717, 1.165) is 61.0 Å². The fourth-order valence-corrected chi connectivity index (χ4v) is 4.37. The van der Waals surface area contributed by atoms with Crippen LogP contribution in [0.4, 0.5) is 0 Å². The first-order valence-corrected chi connectivity index (χ1v) is 12.1. The molecule has 2 aromatic carbocycles. The van der Waals surface area contributed by atoms with Crippen LogP contribution in [0.2, 0.25) is 0 Å². The fraction of sp³-hybridized carbons (Fsp3) is 0.379. The van der Waals surface area contributed by atoms with E-state index in [4.69, 9.17) is 14.2 Å². The number of unbranched alkanes of at least 4 members (excludes halogenated alkanes) is 4. The Morgan fingerprint density at radius 1 is 0.735 bits per heavy atom. The first-order chi connectivity index (χ1) is 16.5. The third-order valence-electron chi connectivity index (χ3n) is 6.42. The normalized spacial score (nSPS) is 19.9. The summed E-state index contributed by atoms with van der Waals surface area (Å²) in [7, 11) is 0. The number of benzene rings is 2. The van der Waals surface area contributed by atoms with Gasteiger partial charge in [0, 0.05) is 24.0 Å². The van der Waals surface area contributed by atoms with E-state index in [2.05, 4.69) is 25.3 Å². The van der Waals surface area contributed by atoms with Crippen molar-refractivity contribution in [1.29, 1.82) is 0 Å². The average Bonchev–Trinajstić information content (AvgIpc) is 3.35. The molecule has 5 heteroatoms. The molecule has 0 N–H and O–H groups in total. The van der Waals surface area contributed by atoms with Crippen LogP contribution in [0.3, 0.4) is 0 Å². The van der Waals surface area contributed by atoms with Gasteiger partial charge < -0.3 is 14.2 Å². The predicted octanol–water partition coefficient (Wildman–Crippen LogP) is 6.49. The van der Waals surface area contributed by atoms with Crippen molar-refractivity contribution in [2.75, 3.05) is 6.61 Å². The maximum absolute atomic E-state index is 11.5. The van der Waals surface area contributed by atoms with E-state index in [9.17, 15) is 9.59 Å². The molecule has 2 aliphatic heterocycles. The van der Waals surface area contributed by atoms with Gasteiger partial charge in [-0.05, 0) is 48.1 Å². The van der Waals surface area contributed by atoms with Gasteiger partial charge in [-0.3, -0.25) is 0 Å². The Morgan fingerprint density at radius 3 is 1.94 bits per heavy atom. The minimum atomic E-state index is -0.301. The van der Waals surface area contributed by atoms with E-state index in [0.29, 0.717) is 30.6 Å². The third kappa shape index (κ3) is 6.16. The Balaban J connectivity index is 1.12. The van der Waals surface area contributed by atoms with Gasteiger partial charge in [0.15, 0.2) is 0 Å². The average molecular weight is 461 g/mol. The number of hydrogen-bond donors (Lipinski definition) is 0. The summed E-state index contributed by atoms with van der Waals surface area (Å²) in [5.74, 6) is 0.345. The highest BCUT2D eigenvalue weighted by Gasteiger charge is 2.28. The molecule has 2 fully saturated rings. The number of carbonyl (C=O) groups excluding carboxylic acids is 2. The molecule has 0 spiro atoms. The third-order valence-corrected chi connectivity index (χ3v) is 6.42. The van der Waals surface area contributed by atoms with E-state index in [1.165, 1.54) is 0 Å². The molecule has 2 atom stereocenters. The fourth-order valence-electron chi connectivity index (χ4n) is 4.37. The first-order valence-electron chi connectivity index (χ1n) is 12.1. The minimum Gasteiger partial charge on any atom is -0.494 e. The van der Waals surface area contributed by atoms with Gasteiger partial charge in [-0.25, -0.2) is 9.59 Å². The largest absolute Gasteiger partial charge is 0.494 e. The molecule has 0 aliphatic carbocycles. The van der Waals surface area contributed by atoms with Gasteiger partial charge in [0.2, 0.25) is 0 Å². The Kier molecular flexibility index (Phi) is 7.84. The number of esters is 2. The van der Waals surface area contributed by atoms with Crippen LogP contribution in [0.1, 0.15) is 63.0 Å². The van der Waals surface area contributed by atoms with Crippen molar-refractivity contribution < 1.29 is 23.8 Å². The molecule has 0 bridgehead atoms. The summed E-state index contributed by atoms with van der Waals surface area (Å²) in [6, 6.07) is 16.2. The Hall–Kier alpha value is -3.34. The van der Waals surface area contributed by atoms with Crippen molar-refractivity contribution >= 4 is 11.9 Å². The second-order valence-corrected chi connectivity index (χ2v) is 9.09. The monoisotopic (exact) mass is 460 g/mol. The number of rotatable bonds is 11. The topological polar surface area (TPSA) is 61.8 Å². The Morgan fingerprint density at radius 2 is 1.32 bits per heavy atom. The molecule has 0 amide bonds. The molecule has 34 heavy (non-hydrogen) atoms. The van der Waals surface area contributed by atoms with Crippen LogP contribution in [0.25, 0.3) is 11.1 Å². The van der Waals surface area contributed by atoms with Crippen molar-refractivity contribution in [3.05, 3.63) is 78.4 Å². The van der Waals surface area contributed by atoms with Crippen LogP contribution < -0.4 is 4.74 Å². The van der Waals surface area contributed by atoms with Gasteiger partial charge >= 0.3 is 11.9 Å². The first kappa shape index (κ1) is 23.8. The molecule has 0 saturated carbocycles. The summed E-state index contributed by atoms with van der Waals surface area (Å²) in [4.78, 5) is 22.9. The van der Waals surface area contributed by atoms with Crippen LogP contribution in [0.15, 0.2) is 72.8 Å². The molecule has 0 aromatic heterocycles. The highest BCUT2D eigenvalue weighted by Crippen LogP contribution is 2.33. The SMILES string of the molecule is C=C1CC(CCCCCCCOc2ccc(-c3ccc(C4CC(=C)C(=O)O4)cc3)cc2)OC1=O. The van der Waals surface area contributed by atoms with Crippen LogP contribution >= 0.6 is 0 Å². The number of hydrogen-bond acceptors (Lipinski definition) is 5. The number of cyclic esters (lactones) is 2. The summed E-state index contributed by atoms with van der Waals surface area (Å²) in [6.45, 7) is 8.18. The van der Waals surface area contributed by atoms with Crippen LogP contribution in [-0.2, 0) is 19.1 Å².